The third-order valence-electron chi connectivity index (χ3n) is 3.59. The van der Waals surface area contributed by atoms with Crippen molar-refractivity contribution in [2.45, 2.75) is 12.7 Å². The van der Waals surface area contributed by atoms with E-state index in [0.29, 0.717) is 30.4 Å². The SMILES string of the molecule is Cc1ccc(NC(=O)C[S@](=O)Cc2cccc3c2OCCO3)cc1. The molecule has 1 aliphatic heterocycles. The van der Waals surface area contributed by atoms with Gasteiger partial charge in [-0.2, -0.15) is 0 Å². The van der Waals surface area contributed by atoms with E-state index < -0.39 is 10.8 Å². The number of para-hydroxylation sites is 1. The number of amides is 1. The smallest absolute Gasteiger partial charge is 0.237 e. The zero-order valence-corrected chi connectivity index (χ0v) is 14.2. The van der Waals surface area contributed by atoms with Gasteiger partial charge in [0.05, 0.1) is 5.75 Å². The van der Waals surface area contributed by atoms with Crippen molar-refractivity contribution in [1.29, 1.82) is 0 Å². The Morgan fingerprint density at radius 2 is 1.88 bits per heavy atom. The second kappa shape index (κ2) is 7.49. The molecule has 0 radical (unpaired) electrons. The van der Waals surface area contributed by atoms with Gasteiger partial charge in [0.25, 0.3) is 0 Å². The first-order chi connectivity index (χ1) is 11.6. The van der Waals surface area contributed by atoms with Gasteiger partial charge in [0.1, 0.15) is 19.0 Å². The van der Waals surface area contributed by atoms with Gasteiger partial charge in [-0.1, -0.05) is 29.8 Å². The maximum absolute atomic E-state index is 12.3. The monoisotopic (exact) mass is 345 g/mol. The summed E-state index contributed by atoms with van der Waals surface area (Å²) in [6.07, 6.45) is 0. The van der Waals surface area contributed by atoms with Crippen LogP contribution in [0.4, 0.5) is 5.69 Å². The van der Waals surface area contributed by atoms with Crippen LogP contribution in [0.1, 0.15) is 11.1 Å². The minimum Gasteiger partial charge on any atom is -0.486 e. The predicted molar refractivity (Wildman–Crippen MR) is 94.0 cm³/mol. The summed E-state index contributed by atoms with van der Waals surface area (Å²) in [5, 5.41) is 2.76. The fourth-order valence-electron chi connectivity index (χ4n) is 2.45. The summed E-state index contributed by atoms with van der Waals surface area (Å²) in [7, 11) is -1.32. The maximum atomic E-state index is 12.3. The summed E-state index contributed by atoms with van der Waals surface area (Å²) >= 11 is 0. The molecule has 0 unspecified atom stereocenters. The van der Waals surface area contributed by atoms with E-state index in [1.807, 2.05) is 49.4 Å². The van der Waals surface area contributed by atoms with E-state index in [4.69, 9.17) is 9.47 Å². The van der Waals surface area contributed by atoms with Crippen molar-refractivity contribution in [2.24, 2.45) is 0 Å². The van der Waals surface area contributed by atoms with Gasteiger partial charge in [-0.3, -0.25) is 9.00 Å². The molecule has 1 heterocycles. The zero-order valence-electron chi connectivity index (χ0n) is 13.4. The van der Waals surface area contributed by atoms with Gasteiger partial charge >= 0.3 is 0 Å². The van der Waals surface area contributed by atoms with Gasteiger partial charge in [-0.25, -0.2) is 0 Å². The Balaban J connectivity index is 1.59. The van der Waals surface area contributed by atoms with Crippen LogP contribution in [-0.2, 0) is 21.3 Å². The number of aryl methyl sites for hydroxylation is 1. The minimum atomic E-state index is -1.32. The lowest BCUT2D eigenvalue weighted by Crippen LogP contribution is -2.21. The van der Waals surface area contributed by atoms with Gasteiger partial charge in [0.15, 0.2) is 11.5 Å². The van der Waals surface area contributed by atoms with Crippen molar-refractivity contribution in [3.05, 3.63) is 53.6 Å². The average molecular weight is 345 g/mol. The lowest BCUT2D eigenvalue weighted by atomic mass is 10.2. The van der Waals surface area contributed by atoms with Crippen molar-refractivity contribution in [3.63, 3.8) is 0 Å². The zero-order chi connectivity index (χ0) is 16.9. The summed E-state index contributed by atoms with van der Waals surface area (Å²) in [4.78, 5) is 12.0. The summed E-state index contributed by atoms with van der Waals surface area (Å²) in [6.45, 7) is 2.97. The van der Waals surface area contributed by atoms with E-state index in [0.717, 1.165) is 11.1 Å². The summed E-state index contributed by atoms with van der Waals surface area (Å²) < 4.78 is 23.4. The van der Waals surface area contributed by atoms with Crippen LogP contribution in [0.5, 0.6) is 11.5 Å². The molecule has 2 aromatic carbocycles. The van der Waals surface area contributed by atoms with Crippen LogP contribution in [-0.4, -0.2) is 29.1 Å². The Kier molecular flexibility index (Phi) is 5.15. The molecule has 3 rings (SSSR count). The highest BCUT2D eigenvalue weighted by atomic mass is 32.2. The number of carbonyl (C=O) groups excluding carboxylic acids is 1. The summed E-state index contributed by atoms with van der Waals surface area (Å²) in [5.41, 5.74) is 2.62. The first kappa shape index (κ1) is 16.5. The third kappa shape index (κ3) is 4.14. The number of hydrogen-bond acceptors (Lipinski definition) is 4. The molecule has 1 atom stereocenters. The van der Waals surface area contributed by atoms with Crippen molar-refractivity contribution in [1.82, 2.24) is 0 Å². The third-order valence-corrected chi connectivity index (χ3v) is 4.81. The normalized spacial score (nSPS) is 14.0. The van der Waals surface area contributed by atoms with Gasteiger partial charge in [0, 0.05) is 22.1 Å². The molecule has 0 fully saturated rings. The van der Waals surface area contributed by atoms with Gasteiger partial charge in [-0.15, -0.1) is 0 Å². The average Bonchev–Trinajstić information content (AvgIpc) is 2.57. The lowest BCUT2D eigenvalue weighted by molar-refractivity contribution is -0.113. The second-order valence-corrected chi connectivity index (χ2v) is 7.04. The molecule has 0 aliphatic carbocycles. The topological polar surface area (TPSA) is 64.6 Å². The van der Waals surface area contributed by atoms with Crippen LogP contribution < -0.4 is 14.8 Å². The lowest BCUT2D eigenvalue weighted by Gasteiger charge is -2.20. The van der Waals surface area contributed by atoms with Crippen LogP contribution >= 0.6 is 0 Å². The Morgan fingerprint density at radius 3 is 2.67 bits per heavy atom. The molecule has 0 saturated carbocycles. The first-order valence-corrected chi connectivity index (χ1v) is 9.19. The van der Waals surface area contributed by atoms with Gasteiger partial charge in [0.2, 0.25) is 5.91 Å². The molecular formula is C18H19NO4S. The number of nitrogens with one attached hydrogen (secondary N) is 1. The minimum absolute atomic E-state index is 0.0571. The molecule has 0 spiro atoms. The van der Waals surface area contributed by atoms with Gasteiger partial charge in [-0.05, 0) is 25.1 Å². The van der Waals surface area contributed by atoms with Crippen molar-refractivity contribution in [2.75, 3.05) is 24.3 Å². The fraction of sp³-hybridized carbons (Fsp3) is 0.278. The molecule has 1 amide bonds. The molecule has 0 aromatic heterocycles. The van der Waals surface area contributed by atoms with Crippen LogP contribution in [0.15, 0.2) is 42.5 Å². The van der Waals surface area contributed by atoms with Crippen LogP contribution in [0.25, 0.3) is 0 Å². The van der Waals surface area contributed by atoms with Crippen molar-refractivity contribution < 1.29 is 18.5 Å². The Bertz CT molecular complexity index is 758. The highest BCUT2D eigenvalue weighted by molar-refractivity contribution is 7.85. The predicted octanol–water partition coefficient (Wildman–Crippen LogP) is 2.65. The molecule has 5 nitrogen and oxygen atoms in total. The number of carbonyl (C=O) groups is 1. The summed E-state index contributed by atoms with van der Waals surface area (Å²) in [5.74, 6) is 1.24. The molecule has 126 valence electrons. The Morgan fingerprint density at radius 1 is 1.12 bits per heavy atom. The second-order valence-electron chi connectivity index (χ2n) is 5.58. The number of fused-ring (bicyclic) bond motifs is 1. The van der Waals surface area contributed by atoms with Gasteiger partial charge < -0.3 is 14.8 Å². The van der Waals surface area contributed by atoms with Crippen LogP contribution in [0.3, 0.4) is 0 Å². The van der Waals surface area contributed by atoms with Crippen LogP contribution in [0, 0.1) is 6.92 Å². The van der Waals surface area contributed by atoms with E-state index >= 15 is 0 Å². The highest BCUT2D eigenvalue weighted by Crippen LogP contribution is 2.34. The summed E-state index contributed by atoms with van der Waals surface area (Å²) in [6, 6.07) is 13.0. The largest absolute Gasteiger partial charge is 0.486 e. The number of benzene rings is 2. The molecule has 24 heavy (non-hydrogen) atoms. The fourth-order valence-corrected chi connectivity index (χ4v) is 3.49. The molecular weight excluding hydrogens is 326 g/mol. The number of ether oxygens (including phenoxy) is 2. The molecule has 1 aliphatic rings. The number of hydrogen-bond donors (Lipinski definition) is 1. The van der Waals surface area contributed by atoms with Crippen molar-refractivity contribution in [3.8, 4) is 11.5 Å². The number of rotatable bonds is 5. The van der Waals surface area contributed by atoms with E-state index in [2.05, 4.69) is 5.32 Å². The van der Waals surface area contributed by atoms with E-state index in [1.54, 1.807) is 0 Å². The van der Waals surface area contributed by atoms with Crippen LogP contribution in [0.2, 0.25) is 0 Å². The maximum Gasteiger partial charge on any atom is 0.237 e. The molecule has 2 aromatic rings. The Hall–Kier alpha value is -2.34. The highest BCUT2D eigenvalue weighted by Gasteiger charge is 2.18. The standard InChI is InChI=1S/C18H19NO4S/c1-13-5-7-15(8-6-13)19-17(20)12-24(21)11-14-3-2-4-16-18(14)23-10-9-22-16/h2-8H,9-12H2,1H3,(H,19,20)/t24-/m1/s1. The molecule has 6 heteroatoms. The molecule has 0 saturated heterocycles. The van der Waals surface area contributed by atoms with E-state index in [-0.39, 0.29) is 17.4 Å². The first-order valence-electron chi connectivity index (χ1n) is 7.71. The van der Waals surface area contributed by atoms with E-state index in [9.17, 15) is 9.00 Å². The molecule has 0 bridgehead atoms. The quantitative estimate of drug-likeness (QED) is 0.905. The molecule has 1 N–H and O–H groups in total. The van der Waals surface area contributed by atoms with Crippen molar-refractivity contribution >= 4 is 22.4 Å². The number of anilines is 1. The Labute approximate surface area is 143 Å². The van der Waals surface area contributed by atoms with E-state index in [1.165, 1.54) is 0 Å².